The zero-order valence-electron chi connectivity index (χ0n) is 18.3. The molecule has 0 amide bonds. The van der Waals surface area contributed by atoms with Crippen LogP contribution >= 0.6 is 0 Å². The van der Waals surface area contributed by atoms with Crippen LogP contribution in [-0.4, -0.2) is 24.0 Å². The lowest BCUT2D eigenvalue weighted by molar-refractivity contribution is -0.155. The molecule has 0 spiro atoms. The molecule has 11 heteroatoms. The highest BCUT2D eigenvalue weighted by Crippen LogP contribution is 2.37. The van der Waals surface area contributed by atoms with Gasteiger partial charge in [0.05, 0.1) is 17.2 Å². The second-order valence-corrected chi connectivity index (χ2v) is 8.46. The molecule has 0 radical (unpaired) electrons. The summed E-state index contributed by atoms with van der Waals surface area (Å²) in [5.74, 6) is -2.92. The summed E-state index contributed by atoms with van der Waals surface area (Å²) < 4.78 is 84.1. The molecule has 178 valence electrons. The van der Waals surface area contributed by atoms with Crippen molar-refractivity contribution in [2.45, 2.75) is 59.0 Å². The van der Waals surface area contributed by atoms with E-state index in [0.717, 1.165) is 0 Å². The van der Waals surface area contributed by atoms with Gasteiger partial charge in [0.15, 0.2) is 0 Å². The summed E-state index contributed by atoms with van der Waals surface area (Å²) in [6.45, 7) is 8.48. The van der Waals surface area contributed by atoms with Crippen LogP contribution in [0.2, 0.25) is 0 Å². The van der Waals surface area contributed by atoms with Gasteiger partial charge in [-0.3, -0.25) is 9.79 Å². The Morgan fingerprint density at radius 1 is 1.06 bits per heavy atom. The highest BCUT2D eigenvalue weighted by Gasteiger charge is 2.37. The Bertz CT molecular complexity index is 845. The van der Waals surface area contributed by atoms with Gasteiger partial charge in [-0.2, -0.15) is 31.6 Å². The summed E-state index contributed by atoms with van der Waals surface area (Å²) in [5, 5.41) is 11.8. The van der Waals surface area contributed by atoms with Gasteiger partial charge in [0.1, 0.15) is 11.4 Å². The lowest BCUT2D eigenvalue weighted by atomic mass is 10.1. The number of carbonyl (C=O) groups excluding carboxylic acids is 1. The molecule has 0 aliphatic rings. The van der Waals surface area contributed by atoms with E-state index in [0.29, 0.717) is 18.6 Å². The quantitative estimate of drug-likeness (QED) is 0.240. The third-order valence-corrected chi connectivity index (χ3v) is 3.89. The van der Waals surface area contributed by atoms with Crippen LogP contribution < -0.4 is 5.32 Å². The van der Waals surface area contributed by atoms with Gasteiger partial charge in [-0.15, -0.1) is 0 Å². The van der Waals surface area contributed by atoms with Gasteiger partial charge < -0.3 is 10.1 Å². The van der Waals surface area contributed by atoms with E-state index < -0.39 is 52.5 Å². The molecule has 5 nitrogen and oxygen atoms in total. The number of hydrogen-bond acceptors (Lipinski definition) is 4. The number of aliphatic imine (C=N–C) groups is 1. The monoisotopic (exact) mass is 465 g/mol. The van der Waals surface area contributed by atoms with Crippen LogP contribution in [0.15, 0.2) is 23.2 Å². The molecular weight excluding hydrogens is 440 g/mol. The third-order valence-electron chi connectivity index (χ3n) is 3.89. The number of carbonyl (C=O) groups is 1. The number of anilines is 1. The number of nitrogens with one attached hydrogen (secondary N) is 1. The van der Waals surface area contributed by atoms with Crippen molar-refractivity contribution >= 4 is 17.5 Å². The van der Waals surface area contributed by atoms with Crippen molar-refractivity contribution in [2.75, 3.05) is 11.9 Å². The molecule has 1 N–H and O–H groups in total. The molecule has 0 aliphatic carbocycles. The Labute approximate surface area is 182 Å². The summed E-state index contributed by atoms with van der Waals surface area (Å²) in [5.41, 5.74) is -4.67. The van der Waals surface area contributed by atoms with Crippen LogP contribution in [0.4, 0.5) is 32.0 Å². The van der Waals surface area contributed by atoms with E-state index in [-0.39, 0.29) is 18.5 Å². The first-order valence-corrected chi connectivity index (χ1v) is 9.67. The average Bonchev–Trinajstić information content (AvgIpc) is 2.58. The van der Waals surface area contributed by atoms with Gasteiger partial charge >= 0.3 is 18.3 Å². The number of nitrogens with zero attached hydrogens (tertiary/aromatic N) is 2. The summed E-state index contributed by atoms with van der Waals surface area (Å²) >= 11 is 0. The SMILES string of the molecule is CC(C)CCN=C(Nc1cc(C(F)(F)F)cc(C(F)(F)F)c1)C(C#N)C(=O)OC(C)(C)C. The Hall–Kier alpha value is -2.77. The summed E-state index contributed by atoms with van der Waals surface area (Å²) in [7, 11) is 0. The molecular formula is C21H25F6N3O2. The fourth-order valence-corrected chi connectivity index (χ4v) is 2.41. The summed E-state index contributed by atoms with van der Waals surface area (Å²) in [6.07, 6.45) is -9.59. The first-order chi connectivity index (χ1) is 14.4. The lowest BCUT2D eigenvalue weighted by Gasteiger charge is -2.23. The zero-order chi connectivity index (χ0) is 24.9. The molecule has 0 saturated carbocycles. The van der Waals surface area contributed by atoms with Crippen LogP contribution in [0.25, 0.3) is 0 Å². The van der Waals surface area contributed by atoms with E-state index in [1.54, 1.807) is 26.8 Å². The van der Waals surface area contributed by atoms with E-state index in [1.807, 2.05) is 13.8 Å². The van der Waals surface area contributed by atoms with Crippen molar-refractivity contribution in [3.8, 4) is 6.07 Å². The predicted molar refractivity (Wildman–Crippen MR) is 107 cm³/mol. The smallest absolute Gasteiger partial charge is 0.416 e. The molecule has 0 aliphatic heterocycles. The summed E-state index contributed by atoms with van der Waals surface area (Å²) in [6, 6.07) is 2.55. The van der Waals surface area contributed by atoms with E-state index in [2.05, 4.69) is 10.3 Å². The maximum atomic E-state index is 13.2. The Morgan fingerprint density at radius 3 is 1.94 bits per heavy atom. The lowest BCUT2D eigenvalue weighted by Crippen LogP contribution is -2.35. The zero-order valence-corrected chi connectivity index (χ0v) is 18.3. The van der Waals surface area contributed by atoms with Gasteiger partial charge in [0.2, 0.25) is 5.92 Å². The maximum Gasteiger partial charge on any atom is 0.416 e. The standard InChI is InChI=1S/C21H25F6N3O2/c1-12(2)6-7-29-17(16(11-28)18(31)32-19(3,4)5)30-15-9-13(20(22,23)24)8-14(10-15)21(25,26)27/h8-10,12,16H,6-7H2,1-5H3,(H,29,30). The van der Waals surface area contributed by atoms with Crippen molar-refractivity contribution in [1.29, 1.82) is 5.26 Å². The molecule has 0 fully saturated rings. The largest absolute Gasteiger partial charge is 0.459 e. The van der Waals surface area contributed by atoms with Gasteiger partial charge in [-0.05, 0) is 51.3 Å². The molecule has 1 atom stereocenters. The van der Waals surface area contributed by atoms with Crippen molar-refractivity contribution in [3.63, 3.8) is 0 Å². The van der Waals surface area contributed by atoms with Crippen molar-refractivity contribution in [3.05, 3.63) is 29.3 Å². The number of nitriles is 1. The van der Waals surface area contributed by atoms with Gasteiger partial charge in [0.25, 0.3) is 0 Å². The Kier molecular flexibility index (Phi) is 8.72. The van der Waals surface area contributed by atoms with E-state index >= 15 is 0 Å². The van der Waals surface area contributed by atoms with Crippen molar-refractivity contribution in [1.82, 2.24) is 0 Å². The first-order valence-electron chi connectivity index (χ1n) is 9.67. The van der Waals surface area contributed by atoms with Crippen molar-refractivity contribution in [2.24, 2.45) is 16.8 Å². The minimum absolute atomic E-state index is 0.0175. The number of halogens is 6. The number of benzene rings is 1. The van der Waals surface area contributed by atoms with Gasteiger partial charge in [0, 0.05) is 12.2 Å². The van der Waals surface area contributed by atoms with Crippen molar-refractivity contribution < 1.29 is 35.9 Å². The number of rotatable bonds is 6. The van der Waals surface area contributed by atoms with E-state index in [4.69, 9.17) is 4.74 Å². The topological polar surface area (TPSA) is 74.5 Å². The minimum Gasteiger partial charge on any atom is -0.459 e. The number of ether oxygens (including phenoxy) is 1. The van der Waals surface area contributed by atoms with Crippen LogP contribution in [0, 0.1) is 23.2 Å². The summed E-state index contributed by atoms with van der Waals surface area (Å²) in [4.78, 5) is 16.5. The van der Waals surface area contributed by atoms with Crippen LogP contribution in [0.5, 0.6) is 0 Å². The fourth-order valence-electron chi connectivity index (χ4n) is 2.41. The number of esters is 1. The molecule has 1 rings (SSSR count). The second kappa shape index (κ2) is 10.2. The average molecular weight is 465 g/mol. The molecule has 32 heavy (non-hydrogen) atoms. The van der Waals surface area contributed by atoms with Crippen LogP contribution in [0.3, 0.4) is 0 Å². The van der Waals surface area contributed by atoms with E-state index in [1.165, 1.54) is 0 Å². The van der Waals surface area contributed by atoms with Gasteiger partial charge in [-0.1, -0.05) is 13.8 Å². The van der Waals surface area contributed by atoms with Gasteiger partial charge in [-0.25, -0.2) is 0 Å². The normalized spacial score (nSPS) is 14.2. The second-order valence-electron chi connectivity index (χ2n) is 8.46. The Balaban J connectivity index is 3.47. The highest BCUT2D eigenvalue weighted by atomic mass is 19.4. The minimum atomic E-state index is -5.05. The molecule has 0 heterocycles. The van der Waals surface area contributed by atoms with Crippen LogP contribution in [-0.2, 0) is 21.9 Å². The Morgan fingerprint density at radius 2 is 1.56 bits per heavy atom. The molecule has 0 bridgehead atoms. The predicted octanol–water partition coefficient (Wildman–Crippen LogP) is 6.06. The number of hydrogen-bond donors (Lipinski definition) is 1. The molecule has 1 aromatic rings. The first kappa shape index (κ1) is 27.3. The highest BCUT2D eigenvalue weighted by molar-refractivity contribution is 6.10. The maximum absolute atomic E-state index is 13.2. The number of amidine groups is 1. The van der Waals surface area contributed by atoms with Crippen LogP contribution in [0.1, 0.15) is 52.2 Å². The molecule has 1 unspecified atom stereocenters. The molecule has 0 saturated heterocycles. The third kappa shape index (κ3) is 8.77. The molecule has 1 aromatic carbocycles. The molecule has 0 aromatic heterocycles. The fraction of sp³-hybridized carbons (Fsp3) is 0.571. The number of alkyl halides is 6. The van der Waals surface area contributed by atoms with E-state index in [9.17, 15) is 36.4 Å².